The van der Waals surface area contributed by atoms with Crippen molar-refractivity contribution in [3.63, 3.8) is 0 Å². The molecule has 0 fully saturated rings. The van der Waals surface area contributed by atoms with Gasteiger partial charge in [-0.1, -0.05) is 15.9 Å². The highest BCUT2D eigenvalue weighted by atomic mass is 79.9. The van der Waals surface area contributed by atoms with Crippen LogP contribution < -0.4 is 0 Å². The van der Waals surface area contributed by atoms with Crippen LogP contribution in [-0.4, -0.2) is 46.6 Å². The summed E-state index contributed by atoms with van der Waals surface area (Å²) < 4.78 is 22.6. The van der Waals surface area contributed by atoms with Gasteiger partial charge in [0, 0.05) is 17.4 Å². The van der Waals surface area contributed by atoms with E-state index in [0.29, 0.717) is 19.4 Å². The van der Waals surface area contributed by atoms with Gasteiger partial charge in [0.2, 0.25) is 0 Å². The van der Waals surface area contributed by atoms with Gasteiger partial charge in [0.05, 0.1) is 17.8 Å². The molecule has 0 saturated heterocycles. The van der Waals surface area contributed by atoms with Gasteiger partial charge in [0.25, 0.3) is 0 Å². The number of hydrogen-bond donors (Lipinski definition) is 0. The maximum Gasteiger partial charge on any atom is 0.509 e. The topological polar surface area (TPSA) is 54.0 Å². The van der Waals surface area contributed by atoms with Gasteiger partial charge >= 0.3 is 6.16 Å². The molecule has 0 aliphatic rings. The molecule has 0 heterocycles. The van der Waals surface area contributed by atoms with Crippen molar-refractivity contribution in [3.8, 4) is 0 Å². The van der Waals surface area contributed by atoms with Gasteiger partial charge in [-0.25, -0.2) is 4.79 Å². The van der Waals surface area contributed by atoms with E-state index in [9.17, 15) is 4.79 Å². The molecule has 6 heteroatoms. The molecule has 0 radical (unpaired) electrons. The third kappa shape index (κ3) is 15.3. The maximum absolute atomic E-state index is 12.1. The molecule has 27 heavy (non-hydrogen) atoms. The molecule has 0 aromatic heterocycles. The van der Waals surface area contributed by atoms with Crippen LogP contribution in [0.15, 0.2) is 0 Å². The van der Waals surface area contributed by atoms with E-state index in [1.165, 1.54) is 0 Å². The Morgan fingerprint density at radius 3 is 1.93 bits per heavy atom. The highest BCUT2D eigenvalue weighted by Crippen LogP contribution is 2.26. The first-order valence-electron chi connectivity index (χ1n) is 9.89. The molecule has 0 saturated carbocycles. The molecule has 0 aliphatic carbocycles. The van der Waals surface area contributed by atoms with Crippen LogP contribution >= 0.6 is 15.9 Å². The summed E-state index contributed by atoms with van der Waals surface area (Å²) in [5, 5.41) is 0. The summed E-state index contributed by atoms with van der Waals surface area (Å²) in [4.78, 5) is 12.1. The van der Waals surface area contributed by atoms with Crippen LogP contribution in [0.1, 0.15) is 88.5 Å². The summed E-state index contributed by atoms with van der Waals surface area (Å²) in [6.45, 7) is 20.5. The molecule has 162 valence electrons. The number of carbonyl (C=O) groups is 1. The van der Waals surface area contributed by atoms with Crippen LogP contribution in [0.2, 0.25) is 0 Å². The van der Waals surface area contributed by atoms with Crippen LogP contribution in [0.3, 0.4) is 0 Å². The summed E-state index contributed by atoms with van der Waals surface area (Å²) >= 11 is 3.56. The highest BCUT2D eigenvalue weighted by Gasteiger charge is 2.31. The monoisotopic (exact) mass is 452 g/mol. The molecular weight excluding hydrogens is 412 g/mol. The minimum Gasteiger partial charge on any atom is -0.431 e. The van der Waals surface area contributed by atoms with Crippen molar-refractivity contribution >= 4 is 22.1 Å². The number of rotatable bonds is 12. The SMILES string of the molecule is CC(C)OCCC(C)(C)OC(C)CC(C)(C)OC(=O)OC(C)CC(C)(C)Br. The fourth-order valence-electron chi connectivity index (χ4n) is 3.06. The van der Waals surface area contributed by atoms with E-state index < -0.39 is 11.8 Å². The maximum atomic E-state index is 12.1. The van der Waals surface area contributed by atoms with E-state index in [-0.39, 0.29) is 28.2 Å². The molecule has 0 N–H and O–H groups in total. The Bertz CT molecular complexity index is 440. The second-order valence-electron chi connectivity index (χ2n) is 9.52. The van der Waals surface area contributed by atoms with Crippen LogP contribution in [-0.2, 0) is 18.9 Å². The molecule has 2 atom stereocenters. The van der Waals surface area contributed by atoms with Crippen LogP contribution in [0.4, 0.5) is 4.79 Å². The predicted octanol–water partition coefficient (Wildman–Crippen LogP) is 6.26. The standard InChI is InChI=1S/C21H41BrO5/c1-15(2)24-12-11-20(7,8)26-17(4)14-21(9,10)27-18(23)25-16(3)13-19(5,6)22/h15-17H,11-14H2,1-10H3. The summed E-state index contributed by atoms with van der Waals surface area (Å²) in [6.07, 6.45) is 1.37. The van der Waals surface area contributed by atoms with Gasteiger partial charge < -0.3 is 18.9 Å². The third-order valence-electron chi connectivity index (χ3n) is 3.88. The zero-order valence-corrected chi connectivity index (χ0v) is 20.6. The second kappa shape index (κ2) is 11.0. The lowest BCUT2D eigenvalue weighted by Gasteiger charge is -2.34. The summed E-state index contributed by atoms with van der Waals surface area (Å²) in [7, 11) is 0. The normalized spacial score (nSPS) is 15.6. The van der Waals surface area contributed by atoms with Crippen LogP contribution in [0.25, 0.3) is 0 Å². The Kier molecular flexibility index (Phi) is 10.9. The Morgan fingerprint density at radius 2 is 1.44 bits per heavy atom. The van der Waals surface area contributed by atoms with Gasteiger partial charge in [0.1, 0.15) is 11.7 Å². The lowest BCUT2D eigenvalue weighted by Crippen LogP contribution is -2.38. The second-order valence-corrected chi connectivity index (χ2v) is 11.7. The van der Waals surface area contributed by atoms with Gasteiger partial charge in [-0.05, 0) is 82.1 Å². The largest absolute Gasteiger partial charge is 0.509 e. The first-order chi connectivity index (χ1) is 12.0. The average molecular weight is 453 g/mol. The Balaban J connectivity index is 4.44. The highest BCUT2D eigenvalue weighted by molar-refractivity contribution is 9.10. The fraction of sp³-hybridized carbons (Fsp3) is 0.952. The lowest BCUT2D eigenvalue weighted by atomic mass is 9.99. The summed E-state index contributed by atoms with van der Waals surface area (Å²) in [6, 6.07) is 0. The van der Waals surface area contributed by atoms with Crippen LogP contribution in [0.5, 0.6) is 0 Å². The number of halogens is 1. The Labute approximate surface area is 175 Å². The quantitative estimate of drug-likeness (QED) is 0.258. The first kappa shape index (κ1) is 26.7. The Hall–Kier alpha value is -0.330. The van der Waals surface area contributed by atoms with Crippen molar-refractivity contribution in [2.24, 2.45) is 0 Å². The van der Waals surface area contributed by atoms with Crippen molar-refractivity contribution in [1.29, 1.82) is 0 Å². The van der Waals surface area contributed by atoms with E-state index in [1.807, 2.05) is 55.4 Å². The number of carbonyl (C=O) groups excluding carboxylic acids is 1. The number of alkyl halides is 1. The van der Waals surface area contributed by atoms with E-state index >= 15 is 0 Å². The fourth-order valence-corrected chi connectivity index (χ4v) is 3.51. The number of ether oxygens (including phenoxy) is 4. The molecule has 0 bridgehead atoms. The minimum absolute atomic E-state index is 0.0688. The zero-order chi connectivity index (χ0) is 21.5. The van der Waals surface area contributed by atoms with Gasteiger partial charge in [-0.3, -0.25) is 0 Å². The van der Waals surface area contributed by atoms with E-state index in [1.54, 1.807) is 0 Å². The Morgan fingerprint density at radius 1 is 0.889 bits per heavy atom. The van der Waals surface area contributed by atoms with Gasteiger partial charge in [-0.15, -0.1) is 0 Å². The van der Waals surface area contributed by atoms with Crippen molar-refractivity contribution in [3.05, 3.63) is 0 Å². The van der Waals surface area contributed by atoms with Gasteiger partial charge in [-0.2, -0.15) is 0 Å². The third-order valence-corrected chi connectivity index (χ3v) is 4.21. The van der Waals surface area contributed by atoms with E-state index in [0.717, 1.165) is 6.42 Å². The predicted molar refractivity (Wildman–Crippen MR) is 114 cm³/mol. The zero-order valence-electron chi connectivity index (χ0n) is 19.0. The average Bonchev–Trinajstić information content (AvgIpc) is 2.31. The molecule has 0 spiro atoms. The number of hydrogen-bond acceptors (Lipinski definition) is 5. The molecule has 5 nitrogen and oxygen atoms in total. The van der Waals surface area contributed by atoms with Crippen molar-refractivity contribution in [1.82, 2.24) is 0 Å². The molecule has 0 aliphatic heterocycles. The van der Waals surface area contributed by atoms with E-state index in [4.69, 9.17) is 18.9 Å². The first-order valence-corrected chi connectivity index (χ1v) is 10.7. The summed E-state index contributed by atoms with van der Waals surface area (Å²) in [5.74, 6) is 0. The molecule has 0 amide bonds. The molecule has 2 unspecified atom stereocenters. The molecule has 0 rings (SSSR count). The van der Waals surface area contributed by atoms with E-state index in [2.05, 4.69) is 29.8 Å². The molecule has 0 aromatic rings. The molecule has 0 aromatic carbocycles. The van der Waals surface area contributed by atoms with Crippen molar-refractivity contribution < 1.29 is 23.7 Å². The van der Waals surface area contributed by atoms with Crippen molar-refractivity contribution in [2.45, 2.75) is 122 Å². The lowest BCUT2D eigenvalue weighted by molar-refractivity contribution is -0.112. The smallest absolute Gasteiger partial charge is 0.431 e. The van der Waals surface area contributed by atoms with Crippen LogP contribution in [0, 0.1) is 0 Å². The minimum atomic E-state index is -0.676. The summed E-state index contributed by atoms with van der Waals surface area (Å²) in [5.41, 5.74) is -0.981. The van der Waals surface area contributed by atoms with Gasteiger partial charge in [0.15, 0.2) is 0 Å². The van der Waals surface area contributed by atoms with Crippen molar-refractivity contribution in [2.75, 3.05) is 6.61 Å². The molecular formula is C21H41BrO5.